The summed E-state index contributed by atoms with van der Waals surface area (Å²) in [6, 6.07) is 0. The number of aliphatic hydroxyl groups excluding tert-OH is 4. The molecule has 0 aromatic rings. The summed E-state index contributed by atoms with van der Waals surface area (Å²) < 4.78 is 50.2. The molecule has 1 heterocycles. The van der Waals surface area contributed by atoms with E-state index in [1.54, 1.807) is 6.08 Å². The highest BCUT2D eigenvalue weighted by Crippen LogP contribution is 2.30. The summed E-state index contributed by atoms with van der Waals surface area (Å²) in [7, 11) is -6.03. The fourth-order valence-corrected chi connectivity index (χ4v) is 3.65. The van der Waals surface area contributed by atoms with Crippen LogP contribution in [0.2, 0.25) is 0 Å². The highest BCUT2D eigenvalue weighted by atomic mass is 32.3. The predicted molar refractivity (Wildman–Crippen MR) is 93.9 cm³/mol. The van der Waals surface area contributed by atoms with E-state index in [1.807, 2.05) is 0 Å². The van der Waals surface area contributed by atoms with Crippen LogP contribution < -0.4 is 0 Å². The number of allylic oxidation sites excluding steroid dienone is 1. The first-order chi connectivity index (χ1) is 12.0. The van der Waals surface area contributed by atoms with Gasteiger partial charge in [-0.1, -0.05) is 23.0 Å². The van der Waals surface area contributed by atoms with Gasteiger partial charge in [-0.15, -0.1) is 0 Å². The van der Waals surface area contributed by atoms with Gasteiger partial charge in [-0.05, 0) is 11.8 Å². The van der Waals surface area contributed by atoms with Gasteiger partial charge >= 0.3 is 10.4 Å². The Morgan fingerprint density at radius 3 is 2.50 bits per heavy atom. The number of rotatable bonds is 8. The fraction of sp³-hybridized carbons (Fsp3) is 0.750. The third-order valence-corrected chi connectivity index (χ3v) is 5.16. The Hall–Kier alpha value is -0.580. The average molecular weight is 435 g/mol. The molecule has 152 valence electrons. The molecule has 0 aromatic carbocycles. The molecule has 1 rings (SSSR count). The van der Waals surface area contributed by atoms with Crippen molar-refractivity contribution in [3.8, 4) is 0 Å². The van der Waals surface area contributed by atoms with Gasteiger partial charge < -0.3 is 25.2 Å². The number of aliphatic hydroxyl groups is 4. The first-order valence-corrected chi connectivity index (χ1v) is 11.1. The zero-order valence-corrected chi connectivity index (χ0v) is 16.1. The lowest BCUT2D eigenvalue weighted by molar-refractivity contribution is -0.205. The molecule has 0 radical (unpaired) electrons. The maximum Gasteiger partial charge on any atom is 0.466 e. The predicted octanol–water partition coefficient (Wildman–Crippen LogP) is -1.68. The Balaban J connectivity index is 2.87. The first kappa shape index (κ1) is 23.5. The summed E-state index contributed by atoms with van der Waals surface area (Å²) in [6.07, 6.45) is -2.50. The van der Waals surface area contributed by atoms with Gasteiger partial charge in [0.2, 0.25) is 0 Å². The van der Waals surface area contributed by atoms with Crippen LogP contribution in [0.25, 0.3) is 0 Å². The molecule has 0 spiro atoms. The fourth-order valence-electron chi connectivity index (χ4n) is 1.92. The molecule has 0 bridgehead atoms. The molecule has 1 saturated heterocycles. The summed E-state index contributed by atoms with van der Waals surface area (Å²) >= 11 is 0.683. The molecule has 5 N–H and O–H groups in total. The molecule has 1 fully saturated rings. The minimum absolute atomic E-state index is 0.0292. The van der Waals surface area contributed by atoms with Crippen molar-refractivity contribution in [2.75, 3.05) is 12.9 Å². The van der Waals surface area contributed by atoms with Crippen molar-refractivity contribution in [2.45, 2.75) is 42.7 Å². The van der Waals surface area contributed by atoms with Gasteiger partial charge in [-0.25, -0.2) is 4.28 Å². The van der Waals surface area contributed by atoms with Crippen LogP contribution in [0.3, 0.4) is 0 Å². The summed E-state index contributed by atoms with van der Waals surface area (Å²) in [5.41, 5.74) is -1.20. The van der Waals surface area contributed by atoms with E-state index in [9.17, 15) is 27.9 Å². The highest BCUT2D eigenvalue weighted by molar-refractivity contribution is 8.14. The Labute approximate surface area is 157 Å². The molecule has 6 atom stereocenters. The van der Waals surface area contributed by atoms with Crippen molar-refractivity contribution in [2.24, 2.45) is 5.16 Å². The molecule has 1 aliphatic rings. The molecule has 0 saturated carbocycles. The minimum Gasteiger partial charge on any atom is -0.394 e. The second kappa shape index (κ2) is 10.7. The van der Waals surface area contributed by atoms with Gasteiger partial charge in [0.25, 0.3) is 0 Å². The standard InChI is InChI=1S/C12H21NO10S3/c1-25(18)5-3-2-4-8(13-23-26(19,20)21)24-12-11(17)10(16)9(15)7(6-14)22-12/h3,5,7,9-12,14-17H,2,4,6H2,1H3,(H,19,20,21)/b5-3+,13-8?/t7-,9-,10+,11-,12+,25+/m1/s1. The Bertz CT molecular complexity index is 635. The molecule has 0 aliphatic carbocycles. The normalized spacial score (nSPS) is 31.9. The average Bonchev–Trinajstić information content (AvgIpc) is 2.55. The molecule has 0 unspecified atom stereocenters. The largest absolute Gasteiger partial charge is 0.466 e. The molecule has 26 heavy (non-hydrogen) atoms. The lowest BCUT2D eigenvalue weighted by atomic mass is 10.0. The zero-order chi connectivity index (χ0) is 19.9. The van der Waals surface area contributed by atoms with Crippen LogP contribution in [0, 0.1) is 0 Å². The molecule has 11 nitrogen and oxygen atoms in total. The topological polar surface area (TPSA) is 183 Å². The van der Waals surface area contributed by atoms with Crippen molar-refractivity contribution in [1.82, 2.24) is 0 Å². The van der Waals surface area contributed by atoms with Gasteiger partial charge in [0.1, 0.15) is 34.9 Å². The van der Waals surface area contributed by atoms with Crippen LogP contribution in [0.1, 0.15) is 12.8 Å². The van der Waals surface area contributed by atoms with Gasteiger partial charge in [0.05, 0.1) is 6.61 Å². The molecule has 14 heteroatoms. The van der Waals surface area contributed by atoms with E-state index in [4.69, 9.17) is 14.4 Å². The SMILES string of the molecule is C[S@](=O)/C=C/CCC(=NOS(=O)(=O)O)S[C@@H]1O[C@H](CO)[C@@H](O)[C@H](O)[C@H]1O. The van der Waals surface area contributed by atoms with E-state index in [2.05, 4.69) is 9.44 Å². The zero-order valence-electron chi connectivity index (χ0n) is 13.6. The van der Waals surface area contributed by atoms with Crippen LogP contribution in [-0.4, -0.2) is 85.4 Å². The van der Waals surface area contributed by atoms with Gasteiger partial charge in [-0.3, -0.25) is 8.76 Å². The lowest BCUT2D eigenvalue weighted by Crippen LogP contribution is -2.57. The second-order valence-electron chi connectivity index (χ2n) is 5.21. The first-order valence-electron chi connectivity index (χ1n) is 7.24. The number of nitrogens with zero attached hydrogens (tertiary/aromatic N) is 1. The maximum atomic E-state index is 11.0. The van der Waals surface area contributed by atoms with Gasteiger partial charge in [0.15, 0.2) is 0 Å². The number of hydrogen-bond donors (Lipinski definition) is 5. The number of oxime groups is 1. The number of ether oxygens (including phenoxy) is 1. The van der Waals surface area contributed by atoms with Crippen molar-refractivity contribution < 1.29 is 46.6 Å². The second-order valence-corrected chi connectivity index (χ2v) is 8.66. The van der Waals surface area contributed by atoms with E-state index < -0.39 is 57.7 Å². The van der Waals surface area contributed by atoms with Gasteiger partial charge in [-0.2, -0.15) is 8.42 Å². The Kier molecular flexibility index (Phi) is 9.63. The van der Waals surface area contributed by atoms with Crippen LogP contribution >= 0.6 is 11.8 Å². The van der Waals surface area contributed by atoms with Crippen LogP contribution in [0.4, 0.5) is 0 Å². The molecule has 0 amide bonds. The van der Waals surface area contributed by atoms with Crippen molar-refractivity contribution >= 4 is 38.0 Å². The van der Waals surface area contributed by atoms with E-state index >= 15 is 0 Å². The third kappa shape index (κ3) is 7.98. The van der Waals surface area contributed by atoms with E-state index in [-0.39, 0.29) is 17.9 Å². The van der Waals surface area contributed by atoms with Crippen molar-refractivity contribution in [1.29, 1.82) is 0 Å². The van der Waals surface area contributed by atoms with Gasteiger partial charge in [0, 0.05) is 23.5 Å². The third-order valence-electron chi connectivity index (χ3n) is 3.15. The number of thioether (sulfide) groups is 1. The quantitative estimate of drug-likeness (QED) is 0.127. The Morgan fingerprint density at radius 2 is 1.96 bits per heavy atom. The smallest absolute Gasteiger partial charge is 0.394 e. The van der Waals surface area contributed by atoms with Crippen LogP contribution in [0.5, 0.6) is 0 Å². The summed E-state index contributed by atoms with van der Waals surface area (Å²) in [4.78, 5) is 0. The molecular weight excluding hydrogens is 414 g/mol. The summed E-state index contributed by atoms with van der Waals surface area (Å²) in [5.74, 6) is 0. The maximum absolute atomic E-state index is 11.0. The highest BCUT2D eigenvalue weighted by Gasteiger charge is 2.44. The van der Waals surface area contributed by atoms with E-state index in [0.29, 0.717) is 11.8 Å². The molecular formula is C12H21NO10S3. The van der Waals surface area contributed by atoms with Crippen molar-refractivity contribution in [3.05, 3.63) is 11.5 Å². The number of hydrogen-bond acceptors (Lipinski definition) is 11. The lowest BCUT2D eigenvalue weighted by Gasteiger charge is -2.39. The van der Waals surface area contributed by atoms with E-state index in [1.165, 1.54) is 11.7 Å². The molecule has 0 aromatic heterocycles. The summed E-state index contributed by atoms with van der Waals surface area (Å²) in [6.45, 7) is -0.624. The minimum atomic E-state index is -4.85. The monoisotopic (exact) mass is 435 g/mol. The molecule has 1 aliphatic heterocycles. The van der Waals surface area contributed by atoms with E-state index in [0.717, 1.165) is 0 Å². The van der Waals surface area contributed by atoms with Crippen LogP contribution in [-0.2, 0) is 30.2 Å². The van der Waals surface area contributed by atoms with Crippen molar-refractivity contribution in [3.63, 3.8) is 0 Å². The Morgan fingerprint density at radius 1 is 1.31 bits per heavy atom. The summed E-state index contributed by atoms with van der Waals surface area (Å²) in [5, 5.41) is 43.3. The van der Waals surface area contributed by atoms with Crippen LogP contribution in [0.15, 0.2) is 16.6 Å².